The maximum atomic E-state index is 10.2. The number of aliphatic hydroxyl groups is 5. The normalized spacial score (nSPS) is 28.3. The third kappa shape index (κ3) is 11.5. The molecule has 0 aromatic carbocycles. The Morgan fingerprint density at radius 2 is 1.44 bits per heavy atom. The van der Waals surface area contributed by atoms with Crippen LogP contribution in [0.4, 0.5) is 0 Å². The molecule has 190 valence electrons. The van der Waals surface area contributed by atoms with E-state index in [1.54, 1.807) is 6.08 Å². The van der Waals surface area contributed by atoms with Gasteiger partial charge in [-0.1, -0.05) is 83.3 Å². The van der Waals surface area contributed by atoms with Crippen LogP contribution in [0.3, 0.4) is 0 Å². The van der Waals surface area contributed by atoms with Crippen molar-refractivity contribution < 1.29 is 35.0 Å². The Hall–Kier alpha value is -0.580. The SMILES string of the molecule is CCCCCCCCCCCCCC=C[C@@H](O)[C@@H](N)CO[C@@H]1OC(CO)[C@@H](O)[C@H](O)C1O. The zero-order valence-electron chi connectivity index (χ0n) is 19.7. The smallest absolute Gasteiger partial charge is 0.186 e. The minimum Gasteiger partial charge on any atom is -0.394 e. The number of hydrogen-bond donors (Lipinski definition) is 6. The van der Waals surface area contributed by atoms with Gasteiger partial charge in [-0.25, -0.2) is 0 Å². The summed E-state index contributed by atoms with van der Waals surface area (Å²) in [7, 11) is 0. The summed E-state index contributed by atoms with van der Waals surface area (Å²) < 4.78 is 10.6. The van der Waals surface area contributed by atoms with Crippen LogP contribution in [0.15, 0.2) is 12.2 Å². The van der Waals surface area contributed by atoms with Crippen molar-refractivity contribution in [2.24, 2.45) is 5.73 Å². The van der Waals surface area contributed by atoms with Crippen LogP contribution in [0.1, 0.15) is 84.0 Å². The van der Waals surface area contributed by atoms with Crippen molar-refractivity contribution >= 4 is 0 Å². The predicted molar refractivity (Wildman–Crippen MR) is 124 cm³/mol. The topological polar surface area (TPSA) is 146 Å². The highest BCUT2D eigenvalue weighted by Gasteiger charge is 2.44. The van der Waals surface area contributed by atoms with Gasteiger partial charge in [0, 0.05) is 0 Å². The van der Waals surface area contributed by atoms with Gasteiger partial charge < -0.3 is 40.7 Å². The summed E-state index contributed by atoms with van der Waals surface area (Å²) in [4.78, 5) is 0. The van der Waals surface area contributed by atoms with E-state index < -0.39 is 49.5 Å². The molecule has 1 aliphatic heterocycles. The average Bonchev–Trinajstić information content (AvgIpc) is 2.79. The summed E-state index contributed by atoms with van der Waals surface area (Å²) in [6.07, 6.45) is 11.1. The maximum absolute atomic E-state index is 10.2. The zero-order valence-corrected chi connectivity index (χ0v) is 19.7. The molecule has 7 atom stereocenters. The second-order valence-electron chi connectivity index (χ2n) is 8.94. The molecule has 0 bridgehead atoms. The largest absolute Gasteiger partial charge is 0.394 e. The van der Waals surface area contributed by atoms with E-state index in [0.29, 0.717) is 0 Å². The standard InChI is InChI=1S/C24H47NO7/c1-2-3-4-5-6-7-8-9-10-11-12-13-14-15-19(27)18(25)17-31-24-23(30)22(29)21(28)20(16-26)32-24/h14-15,18-24,26-30H,2-13,16-17,25H2,1H3/t18-,19+,20?,21+,22-,23?,24+/m0/s1. The lowest BCUT2D eigenvalue weighted by molar-refractivity contribution is -0.302. The number of unbranched alkanes of at least 4 members (excludes halogenated alkanes) is 11. The van der Waals surface area contributed by atoms with Gasteiger partial charge in [-0.05, 0) is 12.8 Å². The van der Waals surface area contributed by atoms with Crippen LogP contribution in [-0.2, 0) is 9.47 Å². The minimum absolute atomic E-state index is 0.118. The fraction of sp³-hybridized carbons (Fsp3) is 0.917. The van der Waals surface area contributed by atoms with Gasteiger partial charge in [-0.15, -0.1) is 0 Å². The third-order valence-electron chi connectivity index (χ3n) is 6.05. The summed E-state index contributed by atoms with van der Waals surface area (Å²) >= 11 is 0. The molecule has 7 N–H and O–H groups in total. The molecule has 1 saturated heterocycles. The number of allylic oxidation sites excluding steroid dienone is 1. The van der Waals surface area contributed by atoms with E-state index in [9.17, 15) is 25.5 Å². The monoisotopic (exact) mass is 461 g/mol. The van der Waals surface area contributed by atoms with Crippen molar-refractivity contribution in [3.05, 3.63) is 12.2 Å². The molecule has 8 nitrogen and oxygen atoms in total. The van der Waals surface area contributed by atoms with E-state index in [2.05, 4.69) is 6.92 Å². The highest BCUT2D eigenvalue weighted by Crippen LogP contribution is 2.22. The van der Waals surface area contributed by atoms with Crippen molar-refractivity contribution in [3.63, 3.8) is 0 Å². The van der Waals surface area contributed by atoms with E-state index in [1.807, 2.05) is 6.08 Å². The lowest BCUT2D eigenvalue weighted by Gasteiger charge is -2.39. The van der Waals surface area contributed by atoms with Crippen molar-refractivity contribution in [2.75, 3.05) is 13.2 Å². The molecule has 1 fully saturated rings. The molecule has 1 heterocycles. The Morgan fingerprint density at radius 3 is 2.00 bits per heavy atom. The first-order valence-electron chi connectivity index (χ1n) is 12.4. The minimum atomic E-state index is -1.50. The van der Waals surface area contributed by atoms with Crippen LogP contribution in [0.2, 0.25) is 0 Å². The summed E-state index contributed by atoms with van der Waals surface area (Å²) in [5, 5.41) is 48.8. The lowest BCUT2D eigenvalue weighted by atomic mass is 9.99. The van der Waals surface area contributed by atoms with Crippen LogP contribution < -0.4 is 5.73 Å². The quantitative estimate of drug-likeness (QED) is 0.134. The summed E-state index contributed by atoms with van der Waals surface area (Å²) in [6, 6.07) is -0.740. The first kappa shape index (κ1) is 29.5. The molecular formula is C24H47NO7. The predicted octanol–water partition coefficient (Wildman–Crippen LogP) is 1.75. The van der Waals surface area contributed by atoms with Crippen LogP contribution >= 0.6 is 0 Å². The molecule has 0 aliphatic carbocycles. The summed E-state index contributed by atoms with van der Waals surface area (Å²) in [5.74, 6) is 0. The van der Waals surface area contributed by atoms with Gasteiger partial charge >= 0.3 is 0 Å². The maximum Gasteiger partial charge on any atom is 0.186 e. The molecule has 1 rings (SSSR count). The van der Waals surface area contributed by atoms with E-state index in [-0.39, 0.29) is 6.61 Å². The summed E-state index contributed by atoms with van der Waals surface area (Å²) in [6.45, 7) is 1.60. The molecule has 2 unspecified atom stereocenters. The Bertz CT molecular complexity index is 477. The van der Waals surface area contributed by atoms with Gasteiger partial charge in [-0.3, -0.25) is 0 Å². The number of rotatable bonds is 18. The first-order chi connectivity index (χ1) is 15.4. The van der Waals surface area contributed by atoms with Gasteiger partial charge in [0.05, 0.1) is 25.4 Å². The molecule has 0 amide bonds. The first-order valence-corrected chi connectivity index (χ1v) is 12.4. The molecule has 0 aromatic heterocycles. The fourth-order valence-corrected chi connectivity index (χ4v) is 3.81. The van der Waals surface area contributed by atoms with E-state index >= 15 is 0 Å². The lowest BCUT2D eigenvalue weighted by Crippen LogP contribution is -2.59. The third-order valence-corrected chi connectivity index (χ3v) is 6.05. The second kappa shape index (κ2) is 17.8. The highest BCUT2D eigenvalue weighted by atomic mass is 16.7. The van der Waals surface area contributed by atoms with Crippen LogP contribution in [0, 0.1) is 0 Å². The van der Waals surface area contributed by atoms with E-state index in [0.717, 1.165) is 12.8 Å². The van der Waals surface area contributed by atoms with Crippen molar-refractivity contribution in [1.82, 2.24) is 0 Å². The Kier molecular flexibility index (Phi) is 16.4. The van der Waals surface area contributed by atoms with Gasteiger partial charge in [0.2, 0.25) is 0 Å². The molecule has 32 heavy (non-hydrogen) atoms. The molecule has 0 aromatic rings. The van der Waals surface area contributed by atoms with Gasteiger partial charge in [0.1, 0.15) is 24.4 Å². The average molecular weight is 462 g/mol. The van der Waals surface area contributed by atoms with Gasteiger partial charge in [0.15, 0.2) is 6.29 Å². The van der Waals surface area contributed by atoms with Crippen LogP contribution in [0.25, 0.3) is 0 Å². The second-order valence-corrected chi connectivity index (χ2v) is 8.94. The number of ether oxygens (including phenoxy) is 2. The van der Waals surface area contributed by atoms with Crippen molar-refractivity contribution in [3.8, 4) is 0 Å². The molecular weight excluding hydrogens is 414 g/mol. The Morgan fingerprint density at radius 1 is 0.875 bits per heavy atom. The van der Waals surface area contributed by atoms with Crippen molar-refractivity contribution in [1.29, 1.82) is 0 Å². The Labute approximate surface area is 193 Å². The van der Waals surface area contributed by atoms with E-state index in [4.69, 9.17) is 15.2 Å². The van der Waals surface area contributed by atoms with Crippen LogP contribution in [-0.4, -0.2) is 81.6 Å². The molecule has 0 radical (unpaired) electrons. The Balaban J connectivity index is 2.10. The zero-order chi connectivity index (χ0) is 23.8. The number of nitrogens with two attached hydrogens (primary N) is 1. The number of hydrogen-bond acceptors (Lipinski definition) is 8. The highest BCUT2D eigenvalue weighted by molar-refractivity contribution is 4.94. The summed E-state index contributed by atoms with van der Waals surface area (Å²) in [5.41, 5.74) is 5.93. The molecule has 0 saturated carbocycles. The number of aliphatic hydroxyl groups excluding tert-OH is 5. The van der Waals surface area contributed by atoms with Crippen LogP contribution in [0.5, 0.6) is 0 Å². The molecule has 8 heteroatoms. The molecule has 0 spiro atoms. The van der Waals surface area contributed by atoms with Gasteiger partial charge in [0.25, 0.3) is 0 Å². The van der Waals surface area contributed by atoms with Crippen molar-refractivity contribution in [2.45, 2.75) is 127 Å². The molecule has 1 aliphatic rings. The van der Waals surface area contributed by atoms with E-state index in [1.165, 1.54) is 64.2 Å². The van der Waals surface area contributed by atoms with Gasteiger partial charge in [-0.2, -0.15) is 0 Å². The fourth-order valence-electron chi connectivity index (χ4n) is 3.81.